The third kappa shape index (κ3) is 4.66. The number of carbonyl (C=O) groups excluding carboxylic acids is 1. The fraction of sp³-hybridized carbons (Fsp3) is 0.467. The van der Waals surface area contributed by atoms with E-state index in [1.165, 1.54) is 0 Å². The molecule has 0 heterocycles. The normalized spacial score (nSPS) is 14.4. The lowest BCUT2D eigenvalue weighted by molar-refractivity contribution is -0.145. The van der Waals surface area contributed by atoms with Crippen molar-refractivity contribution < 1.29 is 14.7 Å². The molecule has 0 aliphatic rings. The molecule has 1 aromatic rings. The quantitative estimate of drug-likeness (QED) is 0.764. The zero-order valence-electron chi connectivity index (χ0n) is 12.1. The van der Waals surface area contributed by atoms with Gasteiger partial charge in [0.2, 0.25) is 5.91 Å². The van der Waals surface area contributed by atoms with Crippen LogP contribution in [0, 0.1) is 5.41 Å². The van der Waals surface area contributed by atoms with Crippen molar-refractivity contribution in [1.82, 2.24) is 5.32 Å². The van der Waals surface area contributed by atoms with Crippen LogP contribution in [0.4, 0.5) is 0 Å². The van der Waals surface area contributed by atoms with Crippen molar-refractivity contribution in [3.63, 3.8) is 0 Å². The van der Waals surface area contributed by atoms with Gasteiger partial charge in [0.05, 0.1) is 0 Å². The van der Waals surface area contributed by atoms with Crippen LogP contribution in [0.2, 0.25) is 0 Å². The van der Waals surface area contributed by atoms with Crippen LogP contribution in [-0.4, -0.2) is 23.0 Å². The molecule has 0 spiro atoms. The van der Waals surface area contributed by atoms with Crippen molar-refractivity contribution >= 4 is 11.9 Å². The molecule has 20 heavy (non-hydrogen) atoms. The van der Waals surface area contributed by atoms with E-state index >= 15 is 0 Å². The number of amides is 1. The molecule has 1 rings (SSSR count). The van der Waals surface area contributed by atoms with Gasteiger partial charge < -0.3 is 16.2 Å². The molecule has 1 aromatic carbocycles. The molecule has 0 radical (unpaired) electrons. The summed E-state index contributed by atoms with van der Waals surface area (Å²) in [5.41, 5.74) is 6.24. The second-order valence-electron chi connectivity index (χ2n) is 5.93. The standard InChI is InChI=1S/C15H22N2O3/c1-15(2,3)13(14(19)20)17-12(18)9-11(16)10-7-5-4-6-8-10/h4-8,11,13H,9,16H2,1-3H3,(H,17,18)(H,19,20). The highest BCUT2D eigenvalue weighted by molar-refractivity contribution is 5.84. The van der Waals surface area contributed by atoms with Crippen LogP contribution in [0.1, 0.15) is 38.8 Å². The minimum absolute atomic E-state index is 0.0594. The van der Waals surface area contributed by atoms with Gasteiger partial charge in [0.1, 0.15) is 6.04 Å². The lowest BCUT2D eigenvalue weighted by atomic mass is 9.86. The van der Waals surface area contributed by atoms with E-state index in [1.807, 2.05) is 30.3 Å². The first-order chi connectivity index (χ1) is 9.21. The number of carbonyl (C=O) groups is 2. The smallest absolute Gasteiger partial charge is 0.326 e. The van der Waals surface area contributed by atoms with Crippen molar-refractivity contribution in [2.45, 2.75) is 39.3 Å². The van der Waals surface area contributed by atoms with Gasteiger partial charge in [0.25, 0.3) is 0 Å². The molecule has 0 aliphatic heterocycles. The summed E-state index contributed by atoms with van der Waals surface area (Å²) in [4.78, 5) is 23.1. The topological polar surface area (TPSA) is 92.4 Å². The Balaban J connectivity index is 2.65. The molecule has 0 aromatic heterocycles. The van der Waals surface area contributed by atoms with Crippen LogP contribution in [0.5, 0.6) is 0 Å². The zero-order valence-corrected chi connectivity index (χ0v) is 12.1. The van der Waals surface area contributed by atoms with Crippen LogP contribution in [-0.2, 0) is 9.59 Å². The third-order valence-corrected chi connectivity index (χ3v) is 3.05. The Kier molecular flexibility index (Phi) is 5.27. The van der Waals surface area contributed by atoms with Gasteiger partial charge in [0.15, 0.2) is 0 Å². The molecule has 0 fully saturated rings. The van der Waals surface area contributed by atoms with E-state index in [0.717, 1.165) is 5.56 Å². The number of nitrogens with two attached hydrogens (primary N) is 1. The summed E-state index contributed by atoms with van der Waals surface area (Å²) in [5, 5.41) is 11.7. The maximum Gasteiger partial charge on any atom is 0.326 e. The number of hydrogen-bond donors (Lipinski definition) is 3. The lowest BCUT2D eigenvalue weighted by Crippen LogP contribution is -2.49. The second kappa shape index (κ2) is 6.52. The number of carboxylic acids is 1. The van der Waals surface area contributed by atoms with Gasteiger partial charge in [-0.25, -0.2) is 4.79 Å². The van der Waals surface area contributed by atoms with E-state index in [-0.39, 0.29) is 12.3 Å². The second-order valence-corrected chi connectivity index (χ2v) is 5.93. The summed E-state index contributed by atoms with van der Waals surface area (Å²) in [5.74, 6) is -1.40. The lowest BCUT2D eigenvalue weighted by Gasteiger charge is -2.28. The van der Waals surface area contributed by atoms with Crippen molar-refractivity contribution in [2.24, 2.45) is 11.1 Å². The van der Waals surface area contributed by atoms with Crippen LogP contribution < -0.4 is 11.1 Å². The fourth-order valence-electron chi connectivity index (χ4n) is 1.89. The maximum atomic E-state index is 11.9. The Morgan fingerprint density at radius 3 is 2.25 bits per heavy atom. The molecule has 2 atom stereocenters. The summed E-state index contributed by atoms with van der Waals surface area (Å²) in [6, 6.07) is 7.89. The fourth-order valence-corrected chi connectivity index (χ4v) is 1.89. The molecular formula is C15H22N2O3. The molecule has 0 saturated carbocycles. The molecule has 1 amide bonds. The van der Waals surface area contributed by atoms with Gasteiger partial charge >= 0.3 is 5.97 Å². The molecule has 4 N–H and O–H groups in total. The molecular weight excluding hydrogens is 256 g/mol. The van der Waals surface area contributed by atoms with Gasteiger partial charge in [-0.1, -0.05) is 51.1 Å². The average molecular weight is 278 g/mol. The van der Waals surface area contributed by atoms with Crippen LogP contribution in [0.25, 0.3) is 0 Å². The number of rotatable bonds is 5. The van der Waals surface area contributed by atoms with Gasteiger partial charge in [-0.15, -0.1) is 0 Å². The molecule has 0 aliphatic carbocycles. The summed E-state index contributed by atoms with van der Waals surface area (Å²) in [7, 11) is 0. The number of nitrogens with one attached hydrogen (secondary N) is 1. The van der Waals surface area contributed by atoms with Crippen LogP contribution in [0.15, 0.2) is 30.3 Å². The first kappa shape index (κ1) is 16.2. The highest BCUT2D eigenvalue weighted by Crippen LogP contribution is 2.20. The third-order valence-electron chi connectivity index (χ3n) is 3.05. The molecule has 110 valence electrons. The van der Waals surface area contributed by atoms with Crippen LogP contribution >= 0.6 is 0 Å². The number of benzene rings is 1. The predicted octanol–water partition coefficient (Wildman–Crippen LogP) is 1.69. The van der Waals surface area contributed by atoms with Crippen LogP contribution in [0.3, 0.4) is 0 Å². The monoisotopic (exact) mass is 278 g/mol. The van der Waals surface area contributed by atoms with Gasteiger partial charge in [-0.3, -0.25) is 4.79 Å². The van der Waals surface area contributed by atoms with Crippen molar-refractivity contribution in [3.05, 3.63) is 35.9 Å². The first-order valence-electron chi connectivity index (χ1n) is 6.54. The Hall–Kier alpha value is -1.88. The maximum absolute atomic E-state index is 11.9. The van der Waals surface area contributed by atoms with Gasteiger partial charge in [0, 0.05) is 12.5 Å². The summed E-state index contributed by atoms with van der Waals surface area (Å²) >= 11 is 0. The van der Waals surface area contributed by atoms with E-state index in [2.05, 4.69) is 5.32 Å². The molecule has 5 heteroatoms. The van der Waals surface area contributed by atoms with E-state index in [9.17, 15) is 9.59 Å². The highest BCUT2D eigenvalue weighted by atomic mass is 16.4. The number of aliphatic carboxylic acids is 1. The van der Waals surface area contributed by atoms with E-state index in [4.69, 9.17) is 10.8 Å². The van der Waals surface area contributed by atoms with E-state index < -0.39 is 23.5 Å². The molecule has 5 nitrogen and oxygen atoms in total. The minimum atomic E-state index is -1.04. The summed E-state index contributed by atoms with van der Waals surface area (Å²) in [6.07, 6.45) is 0.0594. The summed E-state index contributed by atoms with van der Waals surface area (Å²) in [6.45, 7) is 5.30. The van der Waals surface area contributed by atoms with E-state index in [0.29, 0.717) is 0 Å². The summed E-state index contributed by atoms with van der Waals surface area (Å²) < 4.78 is 0. The van der Waals surface area contributed by atoms with E-state index in [1.54, 1.807) is 20.8 Å². The number of hydrogen-bond acceptors (Lipinski definition) is 3. The Morgan fingerprint density at radius 2 is 1.80 bits per heavy atom. The highest BCUT2D eigenvalue weighted by Gasteiger charge is 2.32. The average Bonchev–Trinajstić information content (AvgIpc) is 2.35. The largest absolute Gasteiger partial charge is 0.480 e. The van der Waals surface area contributed by atoms with Crippen molar-refractivity contribution in [2.75, 3.05) is 0 Å². The Morgan fingerprint density at radius 1 is 1.25 bits per heavy atom. The molecule has 0 saturated heterocycles. The SMILES string of the molecule is CC(C)(C)C(NC(=O)CC(N)c1ccccc1)C(=O)O. The zero-order chi connectivity index (χ0) is 15.3. The Bertz CT molecular complexity index is 466. The molecule has 0 bridgehead atoms. The van der Waals surface area contributed by atoms with Gasteiger partial charge in [-0.2, -0.15) is 0 Å². The van der Waals surface area contributed by atoms with Crippen molar-refractivity contribution in [1.29, 1.82) is 0 Å². The first-order valence-corrected chi connectivity index (χ1v) is 6.54. The number of carboxylic acid groups (broad SMARTS) is 1. The van der Waals surface area contributed by atoms with Crippen molar-refractivity contribution in [3.8, 4) is 0 Å². The predicted molar refractivity (Wildman–Crippen MR) is 77.0 cm³/mol. The van der Waals surface area contributed by atoms with Gasteiger partial charge in [-0.05, 0) is 11.0 Å². The Labute approximate surface area is 119 Å². The minimum Gasteiger partial charge on any atom is -0.480 e. The molecule has 2 unspecified atom stereocenters.